The fourth-order valence-electron chi connectivity index (χ4n) is 1.16. The summed E-state index contributed by atoms with van der Waals surface area (Å²) >= 11 is 0. The molecule has 0 aliphatic carbocycles. The van der Waals surface area contributed by atoms with E-state index in [4.69, 9.17) is 5.73 Å². The van der Waals surface area contributed by atoms with E-state index in [1.807, 2.05) is 6.07 Å². The zero-order valence-corrected chi connectivity index (χ0v) is 8.68. The van der Waals surface area contributed by atoms with E-state index in [0.29, 0.717) is 12.6 Å². The van der Waals surface area contributed by atoms with E-state index in [0.717, 1.165) is 12.0 Å². The third kappa shape index (κ3) is 2.70. The Kier molecular flexibility index (Phi) is 3.89. The summed E-state index contributed by atoms with van der Waals surface area (Å²) in [6.07, 6.45) is 1.05. The van der Waals surface area contributed by atoms with E-state index < -0.39 is 0 Å². The van der Waals surface area contributed by atoms with Gasteiger partial charge < -0.3 is 11.1 Å². The molecule has 0 amide bonds. The lowest BCUT2D eigenvalue weighted by Gasteiger charge is -2.12. The van der Waals surface area contributed by atoms with Gasteiger partial charge in [-0.3, -0.25) is 0 Å². The van der Waals surface area contributed by atoms with Crippen molar-refractivity contribution in [2.45, 2.75) is 32.9 Å². The Bertz CT molecular complexity index is 299. The molecule has 0 heterocycles. The average molecular weight is 196 g/mol. The van der Waals surface area contributed by atoms with Crippen molar-refractivity contribution in [3.05, 3.63) is 29.6 Å². The maximum atomic E-state index is 13.0. The molecule has 2 nitrogen and oxygen atoms in total. The molecule has 0 aromatic heterocycles. The van der Waals surface area contributed by atoms with Crippen LogP contribution in [0.1, 0.15) is 25.8 Å². The number of nitrogens with one attached hydrogen (secondary N) is 1. The van der Waals surface area contributed by atoms with Gasteiger partial charge in [-0.1, -0.05) is 19.1 Å². The van der Waals surface area contributed by atoms with Gasteiger partial charge in [0.1, 0.15) is 5.82 Å². The molecule has 0 aliphatic rings. The van der Waals surface area contributed by atoms with Gasteiger partial charge in [0.05, 0.1) is 5.69 Å². The number of anilines is 1. The number of nitrogens with two attached hydrogens (primary N) is 1. The van der Waals surface area contributed by atoms with E-state index in [1.54, 1.807) is 6.07 Å². The van der Waals surface area contributed by atoms with E-state index in [1.165, 1.54) is 6.07 Å². The van der Waals surface area contributed by atoms with Crippen LogP contribution in [0.2, 0.25) is 0 Å². The van der Waals surface area contributed by atoms with Crippen LogP contribution >= 0.6 is 0 Å². The van der Waals surface area contributed by atoms with Crippen molar-refractivity contribution in [3.8, 4) is 0 Å². The Morgan fingerprint density at radius 2 is 2.21 bits per heavy atom. The smallest absolute Gasteiger partial charge is 0.146 e. The Hall–Kier alpha value is -1.09. The molecule has 1 aromatic rings. The van der Waals surface area contributed by atoms with Crippen molar-refractivity contribution in [2.75, 3.05) is 5.73 Å². The minimum atomic E-state index is -0.339. The fourth-order valence-corrected chi connectivity index (χ4v) is 1.16. The summed E-state index contributed by atoms with van der Waals surface area (Å²) in [5.41, 5.74) is 6.67. The summed E-state index contributed by atoms with van der Waals surface area (Å²) in [7, 11) is 0. The van der Waals surface area contributed by atoms with E-state index in [2.05, 4.69) is 19.2 Å². The summed E-state index contributed by atoms with van der Waals surface area (Å²) < 4.78 is 13.0. The SMILES string of the molecule is CCC(C)NCc1cccc(F)c1N. The van der Waals surface area contributed by atoms with Crippen LogP contribution in [0, 0.1) is 5.82 Å². The maximum Gasteiger partial charge on any atom is 0.146 e. The lowest BCUT2D eigenvalue weighted by Crippen LogP contribution is -2.25. The van der Waals surface area contributed by atoms with Crippen LogP contribution in [0.15, 0.2) is 18.2 Å². The van der Waals surface area contributed by atoms with Crippen molar-refractivity contribution >= 4 is 5.69 Å². The quantitative estimate of drug-likeness (QED) is 0.725. The summed E-state index contributed by atoms with van der Waals surface area (Å²) in [5.74, 6) is -0.339. The van der Waals surface area contributed by atoms with Crippen LogP contribution in [0.25, 0.3) is 0 Å². The van der Waals surface area contributed by atoms with Crippen LogP contribution in [0.5, 0.6) is 0 Å². The molecule has 1 aromatic carbocycles. The summed E-state index contributed by atoms with van der Waals surface area (Å²) in [6.45, 7) is 4.82. The number of para-hydroxylation sites is 1. The molecule has 0 aliphatic heterocycles. The number of halogens is 1. The number of hydrogen-bond donors (Lipinski definition) is 2. The zero-order valence-electron chi connectivity index (χ0n) is 8.68. The highest BCUT2D eigenvalue weighted by Crippen LogP contribution is 2.15. The Morgan fingerprint density at radius 1 is 1.50 bits per heavy atom. The number of benzene rings is 1. The zero-order chi connectivity index (χ0) is 10.6. The molecular formula is C11H17FN2. The third-order valence-corrected chi connectivity index (χ3v) is 2.40. The van der Waals surface area contributed by atoms with E-state index >= 15 is 0 Å². The van der Waals surface area contributed by atoms with Gasteiger partial charge in [0.25, 0.3) is 0 Å². The van der Waals surface area contributed by atoms with Gasteiger partial charge in [0.2, 0.25) is 0 Å². The lowest BCUT2D eigenvalue weighted by atomic mass is 10.1. The lowest BCUT2D eigenvalue weighted by molar-refractivity contribution is 0.533. The van der Waals surface area contributed by atoms with Crippen LogP contribution in [-0.4, -0.2) is 6.04 Å². The van der Waals surface area contributed by atoms with Gasteiger partial charge in [0.15, 0.2) is 0 Å². The first kappa shape index (κ1) is 11.0. The second kappa shape index (κ2) is 4.96. The molecular weight excluding hydrogens is 179 g/mol. The average Bonchev–Trinajstić information content (AvgIpc) is 2.20. The minimum absolute atomic E-state index is 0.253. The predicted octanol–water partition coefficient (Wildman–Crippen LogP) is 2.30. The number of nitrogen functional groups attached to an aromatic ring is 1. The third-order valence-electron chi connectivity index (χ3n) is 2.40. The molecule has 3 N–H and O–H groups in total. The Morgan fingerprint density at radius 3 is 2.86 bits per heavy atom. The molecule has 1 rings (SSSR count). The van der Waals surface area contributed by atoms with Crippen molar-refractivity contribution in [3.63, 3.8) is 0 Å². The Labute approximate surface area is 84.3 Å². The van der Waals surface area contributed by atoms with Crippen molar-refractivity contribution in [1.29, 1.82) is 0 Å². The predicted molar refractivity (Wildman–Crippen MR) is 57.4 cm³/mol. The molecule has 1 unspecified atom stereocenters. The van der Waals surface area contributed by atoms with Gasteiger partial charge >= 0.3 is 0 Å². The van der Waals surface area contributed by atoms with Crippen molar-refractivity contribution < 1.29 is 4.39 Å². The monoisotopic (exact) mass is 196 g/mol. The minimum Gasteiger partial charge on any atom is -0.396 e. The molecule has 1 atom stereocenters. The van der Waals surface area contributed by atoms with Gasteiger partial charge in [-0.25, -0.2) is 4.39 Å². The molecule has 3 heteroatoms. The fraction of sp³-hybridized carbons (Fsp3) is 0.455. The first-order valence-electron chi connectivity index (χ1n) is 4.91. The summed E-state index contributed by atoms with van der Waals surface area (Å²) in [5, 5.41) is 3.27. The van der Waals surface area contributed by atoms with Gasteiger partial charge in [0, 0.05) is 12.6 Å². The normalized spacial score (nSPS) is 12.8. The van der Waals surface area contributed by atoms with Crippen molar-refractivity contribution in [2.24, 2.45) is 0 Å². The number of rotatable bonds is 4. The summed E-state index contributed by atoms with van der Waals surface area (Å²) in [6, 6.07) is 5.33. The van der Waals surface area contributed by atoms with Crippen LogP contribution in [-0.2, 0) is 6.54 Å². The molecule has 0 bridgehead atoms. The molecule has 14 heavy (non-hydrogen) atoms. The molecule has 0 saturated carbocycles. The highest BCUT2D eigenvalue weighted by molar-refractivity contribution is 5.47. The van der Waals surface area contributed by atoms with E-state index in [9.17, 15) is 4.39 Å². The topological polar surface area (TPSA) is 38.0 Å². The Balaban J connectivity index is 2.63. The van der Waals surface area contributed by atoms with Crippen LogP contribution < -0.4 is 11.1 Å². The number of hydrogen-bond acceptors (Lipinski definition) is 2. The van der Waals surface area contributed by atoms with E-state index in [-0.39, 0.29) is 11.5 Å². The largest absolute Gasteiger partial charge is 0.396 e. The molecule has 0 fully saturated rings. The second-order valence-electron chi connectivity index (χ2n) is 3.50. The van der Waals surface area contributed by atoms with Gasteiger partial charge in [-0.15, -0.1) is 0 Å². The molecule has 0 spiro atoms. The second-order valence-corrected chi connectivity index (χ2v) is 3.50. The molecule has 0 radical (unpaired) electrons. The first-order valence-corrected chi connectivity index (χ1v) is 4.91. The molecule has 78 valence electrons. The van der Waals surface area contributed by atoms with Gasteiger partial charge in [-0.05, 0) is 25.0 Å². The highest BCUT2D eigenvalue weighted by atomic mass is 19.1. The first-order chi connectivity index (χ1) is 6.65. The van der Waals surface area contributed by atoms with Crippen LogP contribution in [0.3, 0.4) is 0 Å². The standard InChI is InChI=1S/C11H17FN2/c1-3-8(2)14-7-9-5-4-6-10(12)11(9)13/h4-6,8,14H,3,7,13H2,1-2H3. The molecule has 0 saturated heterocycles. The van der Waals surface area contributed by atoms with Crippen LogP contribution in [0.4, 0.5) is 10.1 Å². The van der Waals surface area contributed by atoms with Crippen molar-refractivity contribution in [1.82, 2.24) is 5.32 Å². The van der Waals surface area contributed by atoms with Gasteiger partial charge in [-0.2, -0.15) is 0 Å². The maximum absolute atomic E-state index is 13.0. The highest BCUT2D eigenvalue weighted by Gasteiger charge is 2.04. The summed E-state index contributed by atoms with van der Waals surface area (Å²) in [4.78, 5) is 0.